The second-order valence-electron chi connectivity index (χ2n) is 7.43. The third kappa shape index (κ3) is 4.46. The summed E-state index contributed by atoms with van der Waals surface area (Å²) < 4.78 is 0. The first-order chi connectivity index (χ1) is 9.06. The number of nitrogens with zero attached hydrogens (tertiary/aromatic N) is 1. The largest absolute Gasteiger partial charge is 0.311 e. The fourth-order valence-electron chi connectivity index (χ4n) is 4.02. The highest BCUT2D eigenvalue weighted by molar-refractivity contribution is 4.85. The molecular weight excluding hydrogens is 232 g/mol. The van der Waals surface area contributed by atoms with Crippen LogP contribution in [0.5, 0.6) is 0 Å². The van der Waals surface area contributed by atoms with Crippen LogP contribution in [0.4, 0.5) is 0 Å². The number of hydrogen-bond acceptors (Lipinski definition) is 2. The highest BCUT2D eigenvalue weighted by atomic mass is 15.2. The minimum atomic E-state index is 0.716. The van der Waals surface area contributed by atoms with Gasteiger partial charge < -0.3 is 10.2 Å². The Morgan fingerprint density at radius 3 is 2.47 bits per heavy atom. The Morgan fingerprint density at radius 1 is 1.00 bits per heavy atom. The van der Waals surface area contributed by atoms with Crippen molar-refractivity contribution in [2.24, 2.45) is 11.8 Å². The Balaban J connectivity index is 1.79. The maximum absolute atomic E-state index is 4.00. The van der Waals surface area contributed by atoms with Crippen LogP contribution in [-0.4, -0.2) is 36.1 Å². The van der Waals surface area contributed by atoms with Crippen LogP contribution in [0.15, 0.2) is 0 Å². The molecule has 2 fully saturated rings. The molecule has 1 N–H and O–H groups in total. The quantitative estimate of drug-likeness (QED) is 0.838. The molecule has 1 aliphatic heterocycles. The summed E-state index contributed by atoms with van der Waals surface area (Å²) >= 11 is 0. The molecule has 0 bridgehead atoms. The highest BCUT2D eigenvalue weighted by Gasteiger charge is 2.28. The molecule has 0 aromatic rings. The summed E-state index contributed by atoms with van der Waals surface area (Å²) in [6.45, 7) is 12.1. The summed E-state index contributed by atoms with van der Waals surface area (Å²) in [5.74, 6) is 1.81. The van der Waals surface area contributed by atoms with Crippen LogP contribution in [0.2, 0.25) is 0 Å². The van der Waals surface area contributed by atoms with Crippen LogP contribution in [-0.2, 0) is 0 Å². The summed E-state index contributed by atoms with van der Waals surface area (Å²) in [4.78, 5) is 2.65. The second kappa shape index (κ2) is 7.08. The van der Waals surface area contributed by atoms with E-state index in [0.29, 0.717) is 6.04 Å². The van der Waals surface area contributed by atoms with Gasteiger partial charge in [0, 0.05) is 18.1 Å². The molecule has 4 atom stereocenters. The number of hydrogen-bond donors (Lipinski definition) is 1. The van der Waals surface area contributed by atoms with Crippen molar-refractivity contribution in [3.8, 4) is 0 Å². The van der Waals surface area contributed by atoms with E-state index in [0.717, 1.165) is 23.9 Å². The SMILES string of the molecule is CC1CCC(NC2CCCN(C(C)C)CC2)C(C)C1. The van der Waals surface area contributed by atoms with E-state index in [1.54, 1.807) is 0 Å². The zero-order valence-corrected chi connectivity index (χ0v) is 13.5. The van der Waals surface area contributed by atoms with Gasteiger partial charge in [-0.05, 0) is 77.3 Å². The van der Waals surface area contributed by atoms with Crippen molar-refractivity contribution in [3.05, 3.63) is 0 Å². The van der Waals surface area contributed by atoms with Crippen molar-refractivity contribution in [2.45, 2.75) is 84.3 Å². The van der Waals surface area contributed by atoms with Gasteiger partial charge in [0.1, 0.15) is 0 Å². The highest BCUT2D eigenvalue weighted by Crippen LogP contribution is 2.29. The van der Waals surface area contributed by atoms with E-state index in [1.165, 1.54) is 51.6 Å². The lowest BCUT2D eigenvalue weighted by molar-refractivity contribution is 0.202. The zero-order chi connectivity index (χ0) is 13.8. The zero-order valence-electron chi connectivity index (χ0n) is 13.5. The fourth-order valence-corrected chi connectivity index (χ4v) is 4.02. The van der Waals surface area contributed by atoms with Gasteiger partial charge >= 0.3 is 0 Å². The third-order valence-electron chi connectivity index (χ3n) is 5.37. The van der Waals surface area contributed by atoms with Gasteiger partial charge in [-0.25, -0.2) is 0 Å². The van der Waals surface area contributed by atoms with E-state index in [9.17, 15) is 0 Å². The van der Waals surface area contributed by atoms with E-state index in [2.05, 4.69) is 37.9 Å². The average Bonchev–Trinajstić information content (AvgIpc) is 2.58. The van der Waals surface area contributed by atoms with Crippen molar-refractivity contribution in [1.82, 2.24) is 10.2 Å². The van der Waals surface area contributed by atoms with Crippen molar-refractivity contribution in [1.29, 1.82) is 0 Å². The van der Waals surface area contributed by atoms with E-state index < -0.39 is 0 Å². The van der Waals surface area contributed by atoms with Gasteiger partial charge in [-0.3, -0.25) is 0 Å². The summed E-state index contributed by atoms with van der Waals surface area (Å²) in [6.07, 6.45) is 8.33. The monoisotopic (exact) mass is 266 g/mol. The molecule has 2 heteroatoms. The number of nitrogens with one attached hydrogen (secondary N) is 1. The summed E-state index contributed by atoms with van der Waals surface area (Å²) in [5, 5.41) is 4.00. The Bertz CT molecular complexity index is 264. The molecule has 0 spiro atoms. The first-order valence-corrected chi connectivity index (χ1v) is 8.56. The van der Waals surface area contributed by atoms with Crippen LogP contribution in [0, 0.1) is 11.8 Å². The number of rotatable bonds is 3. The lowest BCUT2D eigenvalue weighted by Gasteiger charge is -2.36. The van der Waals surface area contributed by atoms with Gasteiger partial charge in [0.05, 0.1) is 0 Å². The van der Waals surface area contributed by atoms with Gasteiger partial charge in [0.2, 0.25) is 0 Å². The summed E-state index contributed by atoms with van der Waals surface area (Å²) in [7, 11) is 0. The molecule has 1 aliphatic carbocycles. The molecule has 19 heavy (non-hydrogen) atoms. The molecular formula is C17H34N2. The van der Waals surface area contributed by atoms with Crippen LogP contribution >= 0.6 is 0 Å². The Kier molecular flexibility index (Phi) is 5.70. The minimum absolute atomic E-state index is 0.716. The predicted molar refractivity (Wildman–Crippen MR) is 83.5 cm³/mol. The molecule has 1 saturated heterocycles. The minimum Gasteiger partial charge on any atom is -0.311 e. The maximum atomic E-state index is 4.00. The lowest BCUT2D eigenvalue weighted by atomic mass is 9.79. The molecule has 1 saturated carbocycles. The number of likely N-dealkylation sites (tertiary alicyclic amines) is 1. The molecule has 112 valence electrons. The first kappa shape index (κ1) is 15.3. The van der Waals surface area contributed by atoms with E-state index in [4.69, 9.17) is 0 Å². The van der Waals surface area contributed by atoms with Gasteiger partial charge in [-0.15, -0.1) is 0 Å². The lowest BCUT2D eigenvalue weighted by Crippen LogP contribution is -2.45. The molecule has 2 nitrogen and oxygen atoms in total. The Hall–Kier alpha value is -0.0800. The normalized spacial score (nSPS) is 38.4. The van der Waals surface area contributed by atoms with E-state index >= 15 is 0 Å². The standard InChI is InChI=1S/C17H34N2/c1-13(2)19-10-5-6-16(9-11-19)18-17-8-7-14(3)12-15(17)4/h13-18H,5-12H2,1-4H3. The van der Waals surface area contributed by atoms with Crippen LogP contribution in [0.3, 0.4) is 0 Å². The van der Waals surface area contributed by atoms with Crippen molar-refractivity contribution >= 4 is 0 Å². The second-order valence-corrected chi connectivity index (χ2v) is 7.43. The molecule has 1 heterocycles. The molecule has 0 aromatic carbocycles. The molecule has 0 radical (unpaired) electrons. The third-order valence-corrected chi connectivity index (χ3v) is 5.37. The molecule has 4 unspecified atom stereocenters. The van der Waals surface area contributed by atoms with Gasteiger partial charge in [0.15, 0.2) is 0 Å². The molecule has 0 amide bonds. The first-order valence-electron chi connectivity index (χ1n) is 8.56. The Labute approximate surface area is 120 Å². The van der Waals surface area contributed by atoms with Crippen molar-refractivity contribution in [2.75, 3.05) is 13.1 Å². The predicted octanol–water partition coefficient (Wildman–Crippen LogP) is 3.66. The van der Waals surface area contributed by atoms with Gasteiger partial charge in [0.25, 0.3) is 0 Å². The van der Waals surface area contributed by atoms with Crippen molar-refractivity contribution < 1.29 is 0 Å². The molecule has 2 aliphatic rings. The fraction of sp³-hybridized carbons (Fsp3) is 1.00. The smallest absolute Gasteiger partial charge is 0.00954 e. The van der Waals surface area contributed by atoms with Crippen LogP contribution in [0.1, 0.15) is 66.2 Å². The topological polar surface area (TPSA) is 15.3 Å². The average molecular weight is 266 g/mol. The van der Waals surface area contributed by atoms with Crippen molar-refractivity contribution in [3.63, 3.8) is 0 Å². The summed E-state index contributed by atoms with van der Waals surface area (Å²) in [6, 6.07) is 2.27. The van der Waals surface area contributed by atoms with E-state index in [-0.39, 0.29) is 0 Å². The van der Waals surface area contributed by atoms with Crippen LogP contribution < -0.4 is 5.32 Å². The Morgan fingerprint density at radius 2 is 1.79 bits per heavy atom. The van der Waals surface area contributed by atoms with E-state index in [1.807, 2.05) is 0 Å². The van der Waals surface area contributed by atoms with Crippen LogP contribution in [0.25, 0.3) is 0 Å². The summed E-state index contributed by atoms with van der Waals surface area (Å²) in [5.41, 5.74) is 0. The molecule has 0 aromatic heterocycles. The maximum Gasteiger partial charge on any atom is 0.00954 e. The molecule has 2 rings (SSSR count). The van der Waals surface area contributed by atoms with Gasteiger partial charge in [-0.1, -0.05) is 13.8 Å². The van der Waals surface area contributed by atoms with Gasteiger partial charge in [-0.2, -0.15) is 0 Å².